The number of benzene rings is 1. The second-order valence-corrected chi connectivity index (χ2v) is 5.15. The SMILES string of the molecule is CC1CN(c2cccc(Br)c2C(N)=O)CCN1. The third-order valence-corrected chi connectivity index (χ3v) is 3.61. The van der Waals surface area contributed by atoms with Crippen LogP contribution in [0.4, 0.5) is 5.69 Å². The maximum atomic E-state index is 11.5. The minimum atomic E-state index is -0.390. The molecule has 4 nitrogen and oxygen atoms in total. The molecule has 0 saturated carbocycles. The van der Waals surface area contributed by atoms with Crippen molar-refractivity contribution < 1.29 is 4.79 Å². The quantitative estimate of drug-likeness (QED) is 0.866. The van der Waals surface area contributed by atoms with Gasteiger partial charge in [0, 0.05) is 30.1 Å². The first kappa shape index (κ1) is 12.4. The zero-order chi connectivity index (χ0) is 12.4. The maximum Gasteiger partial charge on any atom is 0.251 e. The van der Waals surface area contributed by atoms with E-state index in [4.69, 9.17) is 5.73 Å². The second kappa shape index (κ2) is 5.06. The molecule has 17 heavy (non-hydrogen) atoms. The standard InChI is InChI=1S/C12H16BrN3O/c1-8-7-16(6-5-15-8)10-4-2-3-9(13)11(10)12(14)17/h2-4,8,15H,5-7H2,1H3,(H2,14,17). The minimum Gasteiger partial charge on any atom is -0.368 e. The molecule has 0 aliphatic carbocycles. The summed E-state index contributed by atoms with van der Waals surface area (Å²) in [4.78, 5) is 13.7. The number of carbonyl (C=O) groups excluding carboxylic acids is 1. The van der Waals surface area contributed by atoms with Crippen molar-refractivity contribution in [3.8, 4) is 0 Å². The topological polar surface area (TPSA) is 58.4 Å². The van der Waals surface area contributed by atoms with Crippen LogP contribution in [0.5, 0.6) is 0 Å². The summed E-state index contributed by atoms with van der Waals surface area (Å²) in [5, 5.41) is 3.38. The van der Waals surface area contributed by atoms with E-state index in [1.165, 1.54) is 0 Å². The van der Waals surface area contributed by atoms with E-state index in [-0.39, 0.29) is 0 Å². The third-order valence-electron chi connectivity index (χ3n) is 2.95. The van der Waals surface area contributed by atoms with E-state index < -0.39 is 5.91 Å². The van der Waals surface area contributed by atoms with Crippen LogP contribution in [0, 0.1) is 0 Å². The zero-order valence-corrected chi connectivity index (χ0v) is 11.3. The van der Waals surface area contributed by atoms with Crippen LogP contribution in [0.15, 0.2) is 22.7 Å². The van der Waals surface area contributed by atoms with Crippen molar-refractivity contribution in [3.05, 3.63) is 28.2 Å². The summed E-state index contributed by atoms with van der Waals surface area (Å²) in [5.41, 5.74) is 6.93. The highest BCUT2D eigenvalue weighted by atomic mass is 79.9. The van der Waals surface area contributed by atoms with E-state index in [1.54, 1.807) is 0 Å². The minimum absolute atomic E-state index is 0.390. The third kappa shape index (κ3) is 2.61. The van der Waals surface area contributed by atoms with E-state index >= 15 is 0 Å². The molecule has 0 spiro atoms. The van der Waals surface area contributed by atoms with Crippen molar-refractivity contribution in [2.75, 3.05) is 24.5 Å². The highest BCUT2D eigenvalue weighted by Crippen LogP contribution is 2.28. The summed E-state index contributed by atoms with van der Waals surface area (Å²) in [7, 11) is 0. The molecular weight excluding hydrogens is 282 g/mol. The number of nitrogens with two attached hydrogens (primary N) is 1. The molecule has 0 bridgehead atoms. The predicted octanol–water partition coefficient (Wildman–Crippen LogP) is 1.35. The lowest BCUT2D eigenvalue weighted by molar-refractivity contribution is 0.1000. The fourth-order valence-electron chi connectivity index (χ4n) is 2.17. The Morgan fingerprint density at radius 1 is 1.59 bits per heavy atom. The molecule has 0 radical (unpaired) electrons. The Balaban J connectivity index is 2.37. The summed E-state index contributed by atoms with van der Waals surface area (Å²) in [6, 6.07) is 6.14. The zero-order valence-electron chi connectivity index (χ0n) is 9.74. The van der Waals surface area contributed by atoms with Crippen molar-refractivity contribution in [1.82, 2.24) is 5.32 Å². The lowest BCUT2D eigenvalue weighted by Gasteiger charge is -2.34. The fourth-order valence-corrected chi connectivity index (χ4v) is 2.72. The van der Waals surface area contributed by atoms with Gasteiger partial charge in [0.1, 0.15) is 0 Å². The molecule has 1 aliphatic heterocycles. The van der Waals surface area contributed by atoms with Crippen LogP contribution < -0.4 is 16.0 Å². The molecule has 0 aromatic heterocycles. The maximum absolute atomic E-state index is 11.5. The monoisotopic (exact) mass is 297 g/mol. The Labute approximate surface area is 109 Å². The van der Waals surface area contributed by atoms with Gasteiger partial charge in [-0.25, -0.2) is 0 Å². The van der Waals surface area contributed by atoms with Gasteiger partial charge < -0.3 is 16.0 Å². The second-order valence-electron chi connectivity index (χ2n) is 4.30. The largest absolute Gasteiger partial charge is 0.368 e. The summed E-state index contributed by atoms with van der Waals surface area (Å²) in [6.07, 6.45) is 0. The van der Waals surface area contributed by atoms with Crippen LogP contribution in [0.25, 0.3) is 0 Å². The number of amides is 1. The van der Waals surface area contributed by atoms with Crippen LogP contribution in [-0.4, -0.2) is 31.6 Å². The Hall–Kier alpha value is -1.07. The number of nitrogens with zero attached hydrogens (tertiary/aromatic N) is 1. The normalized spacial score (nSPS) is 20.4. The molecule has 2 rings (SSSR count). The average Bonchev–Trinajstić information content (AvgIpc) is 2.28. The molecule has 1 atom stereocenters. The van der Waals surface area contributed by atoms with Crippen LogP contribution in [0.1, 0.15) is 17.3 Å². The highest BCUT2D eigenvalue weighted by molar-refractivity contribution is 9.10. The van der Waals surface area contributed by atoms with Crippen LogP contribution in [-0.2, 0) is 0 Å². The van der Waals surface area contributed by atoms with Gasteiger partial charge in [0.15, 0.2) is 0 Å². The van der Waals surface area contributed by atoms with E-state index in [9.17, 15) is 4.79 Å². The van der Waals surface area contributed by atoms with Crippen molar-refractivity contribution >= 4 is 27.5 Å². The summed E-state index contributed by atoms with van der Waals surface area (Å²) < 4.78 is 0.758. The number of halogens is 1. The summed E-state index contributed by atoms with van der Waals surface area (Å²) in [5.74, 6) is -0.390. The summed E-state index contributed by atoms with van der Waals surface area (Å²) >= 11 is 3.39. The number of nitrogens with one attached hydrogen (secondary N) is 1. The average molecular weight is 298 g/mol. The molecule has 1 fully saturated rings. The highest BCUT2D eigenvalue weighted by Gasteiger charge is 2.21. The molecule has 1 unspecified atom stereocenters. The van der Waals surface area contributed by atoms with E-state index in [2.05, 4.69) is 33.1 Å². The van der Waals surface area contributed by atoms with Crippen LogP contribution in [0.3, 0.4) is 0 Å². The lowest BCUT2D eigenvalue weighted by atomic mass is 10.1. The van der Waals surface area contributed by atoms with Crippen molar-refractivity contribution in [2.24, 2.45) is 5.73 Å². The first-order valence-corrected chi connectivity index (χ1v) is 6.45. The smallest absolute Gasteiger partial charge is 0.251 e. The van der Waals surface area contributed by atoms with E-state index in [0.717, 1.165) is 29.8 Å². The molecule has 3 N–H and O–H groups in total. The van der Waals surface area contributed by atoms with Gasteiger partial charge in [-0.3, -0.25) is 4.79 Å². The van der Waals surface area contributed by atoms with Gasteiger partial charge >= 0.3 is 0 Å². The number of rotatable bonds is 2. The van der Waals surface area contributed by atoms with E-state index in [1.807, 2.05) is 18.2 Å². The Morgan fingerprint density at radius 2 is 2.35 bits per heavy atom. The van der Waals surface area contributed by atoms with Crippen molar-refractivity contribution in [1.29, 1.82) is 0 Å². The van der Waals surface area contributed by atoms with Gasteiger partial charge in [-0.05, 0) is 35.0 Å². The van der Waals surface area contributed by atoms with E-state index in [0.29, 0.717) is 11.6 Å². The van der Waals surface area contributed by atoms with Gasteiger partial charge in [0.05, 0.1) is 11.3 Å². The molecule has 1 aliphatic rings. The molecule has 5 heteroatoms. The van der Waals surface area contributed by atoms with Crippen LogP contribution >= 0.6 is 15.9 Å². The first-order chi connectivity index (χ1) is 8.09. The number of carbonyl (C=O) groups is 1. The summed E-state index contributed by atoms with van der Waals surface area (Å²) in [6.45, 7) is 4.83. The molecule has 1 aromatic rings. The number of piperazine rings is 1. The van der Waals surface area contributed by atoms with Crippen LogP contribution in [0.2, 0.25) is 0 Å². The Morgan fingerprint density at radius 3 is 3.00 bits per heavy atom. The van der Waals surface area contributed by atoms with Gasteiger partial charge in [-0.1, -0.05) is 6.07 Å². The number of anilines is 1. The van der Waals surface area contributed by atoms with Crippen molar-refractivity contribution in [2.45, 2.75) is 13.0 Å². The lowest BCUT2D eigenvalue weighted by Crippen LogP contribution is -2.49. The van der Waals surface area contributed by atoms with Gasteiger partial charge in [-0.2, -0.15) is 0 Å². The van der Waals surface area contributed by atoms with Gasteiger partial charge in [-0.15, -0.1) is 0 Å². The number of primary amides is 1. The molecule has 92 valence electrons. The molecule has 1 saturated heterocycles. The van der Waals surface area contributed by atoms with Gasteiger partial charge in [0.2, 0.25) is 0 Å². The Bertz CT molecular complexity index is 436. The van der Waals surface area contributed by atoms with Crippen molar-refractivity contribution in [3.63, 3.8) is 0 Å². The van der Waals surface area contributed by atoms with Gasteiger partial charge in [0.25, 0.3) is 5.91 Å². The molecule has 1 amide bonds. The fraction of sp³-hybridized carbons (Fsp3) is 0.417. The first-order valence-electron chi connectivity index (χ1n) is 5.66. The Kier molecular flexibility index (Phi) is 3.69. The molecular formula is C12H16BrN3O. The number of hydrogen-bond acceptors (Lipinski definition) is 3. The number of hydrogen-bond donors (Lipinski definition) is 2. The predicted molar refractivity (Wildman–Crippen MR) is 72.3 cm³/mol. The molecule has 1 heterocycles. The molecule has 1 aromatic carbocycles.